The van der Waals surface area contributed by atoms with Crippen molar-refractivity contribution in [3.63, 3.8) is 0 Å². The quantitative estimate of drug-likeness (QED) is 0.680. The Bertz CT molecular complexity index is 908. The molecule has 0 heterocycles. The van der Waals surface area contributed by atoms with Crippen LogP contribution >= 0.6 is 0 Å². The van der Waals surface area contributed by atoms with Crippen LogP contribution in [0.15, 0.2) is 40.6 Å². The molecule has 0 aliphatic carbocycles. The Morgan fingerprint density at radius 2 is 1.26 bits per heavy atom. The molecule has 2 aromatic rings. The van der Waals surface area contributed by atoms with E-state index in [4.69, 9.17) is 23.7 Å². The van der Waals surface area contributed by atoms with Gasteiger partial charge in [0.05, 0.1) is 40.4 Å². The molecule has 0 aliphatic rings. The van der Waals surface area contributed by atoms with Crippen LogP contribution in [0.4, 0.5) is 0 Å². The summed E-state index contributed by atoms with van der Waals surface area (Å²) in [6, 6.07) is 7.87. The van der Waals surface area contributed by atoms with Gasteiger partial charge in [-0.3, -0.25) is 0 Å². The molecule has 27 heavy (non-hydrogen) atoms. The summed E-state index contributed by atoms with van der Waals surface area (Å²) in [5, 5.41) is 1.11. The zero-order valence-corrected chi connectivity index (χ0v) is 16.6. The molecule has 7 nitrogen and oxygen atoms in total. The first kappa shape index (κ1) is 20.4. The van der Waals surface area contributed by atoms with E-state index >= 15 is 0 Å². The zero-order valence-electron chi connectivity index (χ0n) is 15.8. The Kier molecular flexibility index (Phi) is 6.57. The van der Waals surface area contributed by atoms with Crippen LogP contribution in [0.2, 0.25) is 0 Å². The highest BCUT2D eigenvalue weighted by Gasteiger charge is 2.19. The molecule has 0 unspecified atom stereocenters. The first-order valence-corrected chi connectivity index (χ1v) is 9.40. The van der Waals surface area contributed by atoms with Crippen LogP contribution in [-0.2, 0) is 9.84 Å². The van der Waals surface area contributed by atoms with Crippen LogP contribution in [-0.4, -0.2) is 44.0 Å². The second kappa shape index (κ2) is 8.68. The Hall–Kier alpha value is -2.87. The minimum Gasteiger partial charge on any atom is -0.493 e. The maximum absolute atomic E-state index is 12.7. The standard InChI is InChI=1S/C19H22O7S/c1-22-15-7-6-13(10-16(15)23-2)8-9-27(20,21)14-11-17(24-3)19(26-5)18(12-14)25-4/h6-12H,1-5H3. The van der Waals surface area contributed by atoms with Gasteiger partial charge in [-0.05, 0) is 23.8 Å². The van der Waals surface area contributed by atoms with Gasteiger partial charge in [0.15, 0.2) is 32.8 Å². The van der Waals surface area contributed by atoms with E-state index in [2.05, 4.69) is 0 Å². The van der Waals surface area contributed by atoms with E-state index in [1.807, 2.05) is 0 Å². The minimum absolute atomic E-state index is 0.0220. The number of benzene rings is 2. The lowest BCUT2D eigenvalue weighted by Crippen LogP contribution is -2.01. The summed E-state index contributed by atoms with van der Waals surface area (Å²) >= 11 is 0. The van der Waals surface area contributed by atoms with E-state index in [0.717, 1.165) is 5.41 Å². The summed E-state index contributed by atoms with van der Waals surface area (Å²) < 4.78 is 51.5. The van der Waals surface area contributed by atoms with Crippen molar-refractivity contribution in [1.82, 2.24) is 0 Å². The Labute approximate surface area is 159 Å². The highest BCUT2D eigenvalue weighted by Crippen LogP contribution is 2.40. The number of hydrogen-bond donors (Lipinski definition) is 0. The summed E-state index contributed by atoms with van der Waals surface area (Å²) in [6.45, 7) is 0. The fourth-order valence-corrected chi connectivity index (χ4v) is 3.46. The predicted octanol–water partition coefficient (Wildman–Crippen LogP) is 3.17. The first-order valence-electron chi connectivity index (χ1n) is 7.85. The van der Waals surface area contributed by atoms with Crippen LogP contribution in [0, 0.1) is 0 Å². The van der Waals surface area contributed by atoms with Gasteiger partial charge in [-0.15, -0.1) is 0 Å². The number of hydrogen-bond acceptors (Lipinski definition) is 7. The number of ether oxygens (including phenoxy) is 5. The van der Waals surface area contributed by atoms with Gasteiger partial charge in [0.2, 0.25) is 5.75 Å². The van der Waals surface area contributed by atoms with Crippen molar-refractivity contribution >= 4 is 15.9 Å². The SMILES string of the molecule is COc1ccc(C=CS(=O)(=O)c2cc(OC)c(OC)c(OC)c2)cc1OC. The third-order valence-corrected chi connectivity index (χ3v) is 5.20. The molecule has 2 rings (SSSR count). The predicted molar refractivity (Wildman–Crippen MR) is 102 cm³/mol. The van der Waals surface area contributed by atoms with Crippen molar-refractivity contribution in [3.05, 3.63) is 41.3 Å². The third-order valence-electron chi connectivity index (χ3n) is 3.81. The third kappa shape index (κ3) is 4.46. The fraction of sp³-hybridized carbons (Fsp3) is 0.263. The van der Waals surface area contributed by atoms with Gasteiger partial charge in [0.25, 0.3) is 0 Å². The number of methoxy groups -OCH3 is 5. The summed E-state index contributed by atoms with van der Waals surface area (Å²) in [6.07, 6.45) is 1.47. The molecule has 0 N–H and O–H groups in total. The van der Waals surface area contributed by atoms with Gasteiger partial charge in [0, 0.05) is 17.5 Å². The molecule has 8 heteroatoms. The van der Waals surface area contributed by atoms with Gasteiger partial charge in [0.1, 0.15) is 0 Å². The molecule has 0 aromatic heterocycles. The minimum atomic E-state index is -3.75. The lowest BCUT2D eigenvalue weighted by atomic mass is 10.2. The summed E-state index contributed by atoms with van der Waals surface area (Å²) in [7, 11) is 3.59. The highest BCUT2D eigenvalue weighted by molar-refractivity contribution is 7.94. The lowest BCUT2D eigenvalue weighted by Gasteiger charge is -2.13. The van der Waals surface area contributed by atoms with E-state index in [1.165, 1.54) is 53.8 Å². The van der Waals surface area contributed by atoms with Crippen LogP contribution in [0.5, 0.6) is 28.7 Å². The maximum Gasteiger partial charge on any atom is 0.203 e. The maximum atomic E-state index is 12.7. The van der Waals surface area contributed by atoms with Gasteiger partial charge >= 0.3 is 0 Å². The normalized spacial score (nSPS) is 11.3. The molecule has 146 valence electrons. The summed E-state index contributed by atoms with van der Waals surface area (Å²) in [5.74, 6) is 1.90. The molecule has 0 bridgehead atoms. The molecule has 0 amide bonds. The first-order chi connectivity index (χ1) is 12.9. The van der Waals surface area contributed by atoms with Crippen LogP contribution in [0.3, 0.4) is 0 Å². The fourth-order valence-electron chi connectivity index (χ4n) is 2.42. The highest BCUT2D eigenvalue weighted by atomic mass is 32.2. The summed E-state index contributed by atoms with van der Waals surface area (Å²) in [4.78, 5) is 0.0220. The van der Waals surface area contributed by atoms with Gasteiger partial charge < -0.3 is 23.7 Å². The zero-order chi connectivity index (χ0) is 20.0. The van der Waals surface area contributed by atoms with Crippen molar-refractivity contribution in [2.75, 3.05) is 35.5 Å². The van der Waals surface area contributed by atoms with Gasteiger partial charge in [-0.1, -0.05) is 6.07 Å². The Balaban J connectivity index is 2.43. The lowest BCUT2D eigenvalue weighted by molar-refractivity contribution is 0.323. The van der Waals surface area contributed by atoms with Crippen molar-refractivity contribution in [3.8, 4) is 28.7 Å². The van der Waals surface area contributed by atoms with E-state index in [-0.39, 0.29) is 16.4 Å². The van der Waals surface area contributed by atoms with Gasteiger partial charge in [-0.25, -0.2) is 8.42 Å². The topological polar surface area (TPSA) is 80.3 Å². The average Bonchev–Trinajstić information content (AvgIpc) is 2.70. The molecule has 0 atom stereocenters. The van der Waals surface area contributed by atoms with E-state index in [9.17, 15) is 8.42 Å². The molecular weight excluding hydrogens is 372 g/mol. The Morgan fingerprint density at radius 1 is 0.704 bits per heavy atom. The van der Waals surface area contributed by atoms with Crippen molar-refractivity contribution < 1.29 is 32.1 Å². The van der Waals surface area contributed by atoms with Crippen molar-refractivity contribution in [2.24, 2.45) is 0 Å². The Morgan fingerprint density at radius 3 is 1.74 bits per heavy atom. The molecule has 2 aromatic carbocycles. The second-order valence-electron chi connectivity index (χ2n) is 5.32. The van der Waals surface area contributed by atoms with Crippen molar-refractivity contribution in [1.29, 1.82) is 0 Å². The molecule has 0 saturated carbocycles. The molecule has 0 spiro atoms. The van der Waals surface area contributed by atoms with Crippen LogP contribution in [0.25, 0.3) is 6.08 Å². The molecule has 0 aliphatic heterocycles. The number of sulfone groups is 1. The molecule has 0 fully saturated rings. The van der Waals surface area contributed by atoms with E-state index in [1.54, 1.807) is 18.2 Å². The largest absolute Gasteiger partial charge is 0.493 e. The smallest absolute Gasteiger partial charge is 0.203 e. The van der Waals surface area contributed by atoms with E-state index < -0.39 is 9.84 Å². The van der Waals surface area contributed by atoms with E-state index in [0.29, 0.717) is 22.8 Å². The number of rotatable bonds is 8. The van der Waals surface area contributed by atoms with Crippen LogP contribution < -0.4 is 23.7 Å². The molecule has 0 saturated heterocycles. The van der Waals surface area contributed by atoms with Crippen molar-refractivity contribution in [2.45, 2.75) is 4.90 Å². The second-order valence-corrected chi connectivity index (χ2v) is 7.16. The summed E-state index contributed by atoms with van der Waals surface area (Å²) in [5.41, 5.74) is 0.642. The molecular formula is C19H22O7S. The molecule has 0 radical (unpaired) electrons. The van der Waals surface area contributed by atoms with Crippen LogP contribution in [0.1, 0.15) is 5.56 Å². The average molecular weight is 394 g/mol. The van der Waals surface area contributed by atoms with Gasteiger partial charge in [-0.2, -0.15) is 0 Å². The monoisotopic (exact) mass is 394 g/mol.